The van der Waals surface area contributed by atoms with E-state index in [1.165, 1.54) is 12.1 Å². The summed E-state index contributed by atoms with van der Waals surface area (Å²) in [6.07, 6.45) is 0. The van der Waals surface area contributed by atoms with Gasteiger partial charge in [-0.25, -0.2) is 0 Å². The molecule has 8 heteroatoms. The molecule has 0 unspecified atom stereocenters. The first kappa shape index (κ1) is 16.2. The van der Waals surface area contributed by atoms with Crippen molar-refractivity contribution in [2.24, 2.45) is 0 Å². The molecule has 0 aliphatic heterocycles. The highest BCUT2D eigenvalue weighted by Crippen LogP contribution is 2.45. The number of halogens is 1. The fourth-order valence-corrected chi connectivity index (χ4v) is 3.14. The van der Waals surface area contributed by atoms with Crippen molar-refractivity contribution in [1.82, 2.24) is 0 Å². The lowest BCUT2D eigenvalue weighted by atomic mass is 10.1. The van der Waals surface area contributed by atoms with E-state index < -0.39 is 21.6 Å². The Kier molecular flexibility index (Phi) is 4.13. The molecule has 0 spiro atoms. The summed E-state index contributed by atoms with van der Waals surface area (Å²) in [4.78, 5) is -0.0713. The maximum atomic E-state index is 12.2. The Hall–Kier alpha value is -2.64. The second-order valence-electron chi connectivity index (χ2n) is 4.83. The van der Waals surface area contributed by atoms with Crippen LogP contribution in [0.3, 0.4) is 0 Å². The normalized spacial score (nSPS) is 11.4. The van der Waals surface area contributed by atoms with Crippen molar-refractivity contribution < 1.29 is 22.1 Å². The third-order valence-corrected chi connectivity index (χ3v) is 4.68. The van der Waals surface area contributed by atoms with Crippen LogP contribution < -0.4 is 9.92 Å². The molecule has 3 rings (SSSR count). The van der Waals surface area contributed by atoms with Gasteiger partial charge in [0.15, 0.2) is 5.76 Å². The Morgan fingerprint density at radius 1 is 1.04 bits per heavy atom. The van der Waals surface area contributed by atoms with Crippen LogP contribution in [0, 0.1) is 0 Å². The Bertz CT molecular complexity index is 966. The second kappa shape index (κ2) is 6.10. The molecular weight excluding hydrogens is 354 g/mol. The molecule has 2 aromatic carbocycles. The number of nitrogen functional groups attached to an aromatic ring is 1. The zero-order valence-electron chi connectivity index (χ0n) is 12.1. The molecular formula is C16H12ClNO5S. The zero-order valence-corrected chi connectivity index (χ0v) is 13.7. The fourth-order valence-electron chi connectivity index (χ4n) is 2.05. The van der Waals surface area contributed by atoms with Gasteiger partial charge in [0.25, 0.3) is 0 Å². The van der Waals surface area contributed by atoms with Crippen molar-refractivity contribution in [3.05, 3.63) is 59.6 Å². The van der Waals surface area contributed by atoms with Crippen LogP contribution in [-0.2, 0) is 10.1 Å². The van der Waals surface area contributed by atoms with Crippen LogP contribution in [0.1, 0.15) is 0 Å². The van der Waals surface area contributed by atoms with Crippen LogP contribution in [0.15, 0.2) is 63.9 Å². The van der Waals surface area contributed by atoms with Crippen LogP contribution in [-0.4, -0.2) is 13.5 Å². The van der Waals surface area contributed by atoms with Crippen LogP contribution in [0.25, 0.3) is 11.3 Å². The molecule has 0 saturated heterocycles. The topological polar surface area (TPSA) is 103 Å². The average Bonchev–Trinajstić information content (AvgIpc) is 2.84. The molecule has 6 nitrogen and oxygen atoms in total. The van der Waals surface area contributed by atoms with Gasteiger partial charge in [-0.3, -0.25) is 0 Å². The number of benzene rings is 2. The number of hydrogen-bond acceptors (Lipinski definition) is 6. The van der Waals surface area contributed by atoms with Gasteiger partial charge in [0, 0.05) is 10.6 Å². The summed E-state index contributed by atoms with van der Waals surface area (Å²) < 4.78 is 34.7. The molecule has 0 atom stereocenters. The first-order valence-corrected chi connectivity index (χ1v) is 8.54. The highest BCUT2D eigenvalue weighted by atomic mass is 35.5. The lowest BCUT2D eigenvalue weighted by Crippen LogP contribution is -2.10. The Morgan fingerprint density at radius 2 is 1.67 bits per heavy atom. The van der Waals surface area contributed by atoms with Crippen molar-refractivity contribution in [2.45, 2.75) is 4.90 Å². The predicted molar refractivity (Wildman–Crippen MR) is 89.5 cm³/mol. The number of furan rings is 1. The molecule has 1 aromatic heterocycles. The van der Waals surface area contributed by atoms with Crippen molar-refractivity contribution in [3.63, 3.8) is 0 Å². The third kappa shape index (κ3) is 3.04. The maximum Gasteiger partial charge on any atom is 0.339 e. The number of anilines is 1. The quantitative estimate of drug-likeness (QED) is 0.684. The summed E-state index contributed by atoms with van der Waals surface area (Å²) in [6.45, 7) is 0. The van der Waals surface area contributed by atoms with E-state index in [9.17, 15) is 13.5 Å². The van der Waals surface area contributed by atoms with Crippen molar-refractivity contribution in [1.29, 1.82) is 0 Å². The highest BCUT2D eigenvalue weighted by Gasteiger charge is 2.26. The molecule has 0 bridgehead atoms. The first-order chi connectivity index (χ1) is 11.4. The van der Waals surface area contributed by atoms with Crippen LogP contribution in [0.4, 0.5) is 5.88 Å². The molecule has 3 aromatic rings. The summed E-state index contributed by atoms with van der Waals surface area (Å²) in [5.41, 5.74) is 6.12. The summed E-state index contributed by atoms with van der Waals surface area (Å²) in [5.74, 6) is -1.32. The molecule has 0 amide bonds. The molecule has 0 radical (unpaired) electrons. The number of rotatable bonds is 4. The van der Waals surface area contributed by atoms with E-state index in [-0.39, 0.29) is 16.5 Å². The third-order valence-electron chi connectivity index (χ3n) is 3.20. The van der Waals surface area contributed by atoms with Crippen molar-refractivity contribution >= 4 is 27.6 Å². The zero-order chi connectivity index (χ0) is 17.3. The van der Waals surface area contributed by atoms with E-state index in [0.717, 1.165) is 0 Å². The molecule has 124 valence electrons. The van der Waals surface area contributed by atoms with Crippen LogP contribution in [0.2, 0.25) is 5.02 Å². The Balaban J connectivity index is 2.00. The molecule has 1 heterocycles. The predicted octanol–water partition coefficient (Wildman–Crippen LogP) is 3.66. The summed E-state index contributed by atoms with van der Waals surface area (Å²) in [6, 6.07) is 13.9. The van der Waals surface area contributed by atoms with E-state index in [1.54, 1.807) is 42.5 Å². The summed E-state index contributed by atoms with van der Waals surface area (Å²) in [7, 11) is -4.16. The average molecular weight is 366 g/mol. The molecule has 24 heavy (non-hydrogen) atoms. The van der Waals surface area contributed by atoms with Crippen LogP contribution >= 0.6 is 11.6 Å². The molecule has 3 N–H and O–H groups in total. The number of hydrogen-bond donors (Lipinski definition) is 2. The van der Waals surface area contributed by atoms with E-state index in [4.69, 9.17) is 25.9 Å². The van der Waals surface area contributed by atoms with Gasteiger partial charge in [-0.15, -0.1) is 0 Å². The smallest absolute Gasteiger partial charge is 0.339 e. The van der Waals surface area contributed by atoms with E-state index in [2.05, 4.69) is 0 Å². The second-order valence-corrected chi connectivity index (χ2v) is 6.81. The largest absolute Gasteiger partial charge is 0.501 e. The minimum absolute atomic E-state index is 0.0116. The first-order valence-electron chi connectivity index (χ1n) is 6.75. The Morgan fingerprint density at radius 3 is 2.29 bits per heavy atom. The molecule has 0 fully saturated rings. The summed E-state index contributed by atoms with van der Waals surface area (Å²) >= 11 is 5.81. The van der Waals surface area contributed by atoms with Gasteiger partial charge in [-0.05, 0) is 36.4 Å². The van der Waals surface area contributed by atoms with Gasteiger partial charge in [-0.1, -0.05) is 29.8 Å². The van der Waals surface area contributed by atoms with Gasteiger partial charge >= 0.3 is 10.1 Å². The van der Waals surface area contributed by atoms with Gasteiger partial charge in [-0.2, -0.15) is 8.42 Å². The molecule has 0 aliphatic carbocycles. The SMILES string of the molecule is Nc1oc(-c2ccc(Cl)cc2)c(O)c1OS(=O)(=O)c1ccccc1. The van der Waals surface area contributed by atoms with Crippen molar-refractivity contribution in [2.75, 3.05) is 5.73 Å². The standard InChI is InChI=1S/C16H12ClNO5S/c17-11-8-6-10(7-9-11)14-13(19)15(16(18)22-14)23-24(20,21)12-4-2-1-3-5-12/h1-9,19H,18H2. The highest BCUT2D eigenvalue weighted by molar-refractivity contribution is 7.87. The van der Waals surface area contributed by atoms with Gasteiger partial charge < -0.3 is 19.4 Å². The minimum atomic E-state index is -4.16. The van der Waals surface area contributed by atoms with Crippen LogP contribution in [0.5, 0.6) is 11.5 Å². The Labute approximate surface area is 143 Å². The lowest BCUT2D eigenvalue weighted by molar-refractivity contribution is 0.432. The fraction of sp³-hybridized carbons (Fsp3) is 0. The monoisotopic (exact) mass is 365 g/mol. The number of aromatic hydroxyl groups is 1. The molecule has 0 saturated carbocycles. The van der Waals surface area contributed by atoms with E-state index >= 15 is 0 Å². The van der Waals surface area contributed by atoms with Crippen molar-refractivity contribution in [3.8, 4) is 22.8 Å². The van der Waals surface area contributed by atoms with E-state index in [1.807, 2.05) is 0 Å². The summed E-state index contributed by atoms with van der Waals surface area (Å²) in [5, 5.41) is 10.7. The van der Waals surface area contributed by atoms with Gasteiger partial charge in [0.05, 0.1) is 0 Å². The lowest BCUT2D eigenvalue weighted by Gasteiger charge is -2.05. The molecule has 0 aliphatic rings. The number of nitrogens with two attached hydrogens (primary N) is 1. The van der Waals surface area contributed by atoms with Gasteiger partial charge in [0.1, 0.15) is 4.90 Å². The minimum Gasteiger partial charge on any atom is -0.501 e. The van der Waals surface area contributed by atoms with E-state index in [0.29, 0.717) is 10.6 Å². The van der Waals surface area contributed by atoms with Gasteiger partial charge in [0.2, 0.25) is 17.4 Å². The maximum absolute atomic E-state index is 12.2.